The fourth-order valence-corrected chi connectivity index (χ4v) is 3.54. The quantitative estimate of drug-likeness (QED) is 0.502. The Morgan fingerprint density at radius 2 is 1.88 bits per heavy atom. The van der Waals surface area contributed by atoms with Crippen LogP contribution in [-0.4, -0.2) is 41.2 Å². The highest BCUT2D eigenvalue weighted by atomic mass is 19.4. The van der Waals surface area contributed by atoms with Crippen molar-refractivity contribution in [2.45, 2.75) is 19.2 Å². The second-order valence-corrected chi connectivity index (χ2v) is 7.51. The number of nitrogens with one attached hydrogen (secondary N) is 3. The van der Waals surface area contributed by atoms with Crippen LogP contribution in [0.2, 0.25) is 0 Å². The van der Waals surface area contributed by atoms with Crippen LogP contribution >= 0.6 is 0 Å². The van der Waals surface area contributed by atoms with Crippen molar-refractivity contribution in [1.29, 1.82) is 0 Å². The number of fused-ring (bicyclic) bond motifs is 1. The first-order valence-corrected chi connectivity index (χ1v) is 10.2. The summed E-state index contributed by atoms with van der Waals surface area (Å²) in [6.07, 6.45) is -1.85. The number of benzene rings is 2. The highest BCUT2D eigenvalue weighted by Crippen LogP contribution is 2.27. The predicted octanol–water partition coefficient (Wildman–Crippen LogP) is 3.53. The van der Waals surface area contributed by atoms with E-state index >= 15 is 0 Å². The van der Waals surface area contributed by atoms with Crippen LogP contribution in [0.25, 0.3) is 10.9 Å². The number of alkyl halides is 3. The number of carbonyl (C=O) groups excluding carboxylic acids is 2. The molecule has 0 spiro atoms. The molecule has 0 radical (unpaired) electrons. The Labute approximate surface area is 186 Å². The molecule has 0 bridgehead atoms. The number of hydrogen-bond donors (Lipinski definition) is 3. The Balaban J connectivity index is 1.47. The molecule has 172 valence electrons. The normalized spacial score (nSPS) is 16.3. The van der Waals surface area contributed by atoms with Crippen molar-refractivity contribution in [3.8, 4) is 5.75 Å². The summed E-state index contributed by atoms with van der Waals surface area (Å²) in [7, 11) is 0. The summed E-state index contributed by atoms with van der Waals surface area (Å²) in [5.41, 5.74) is 1.22. The van der Waals surface area contributed by atoms with Gasteiger partial charge in [0.1, 0.15) is 17.9 Å². The second kappa shape index (κ2) is 9.41. The molecule has 1 aromatic heterocycles. The van der Waals surface area contributed by atoms with Crippen LogP contribution < -0.4 is 20.7 Å². The van der Waals surface area contributed by atoms with Crippen LogP contribution in [0.3, 0.4) is 0 Å². The van der Waals surface area contributed by atoms with Gasteiger partial charge in [-0.2, -0.15) is 0 Å². The van der Waals surface area contributed by atoms with Gasteiger partial charge in [-0.05, 0) is 61.9 Å². The number of anilines is 2. The van der Waals surface area contributed by atoms with Crippen molar-refractivity contribution in [2.24, 2.45) is 5.92 Å². The van der Waals surface area contributed by atoms with Gasteiger partial charge in [-0.15, -0.1) is 13.2 Å². The smallest absolute Gasteiger partial charge is 0.406 e. The van der Waals surface area contributed by atoms with Gasteiger partial charge >= 0.3 is 6.36 Å². The molecule has 1 aliphatic rings. The van der Waals surface area contributed by atoms with Crippen molar-refractivity contribution in [1.82, 2.24) is 20.6 Å². The largest absolute Gasteiger partial charge is 0.573 e. The maximum atomic E-state index is 12.5. The number of amides is 2. The summed E-state index contributed by atoms with van der Waals surface area (Å²) < 4.78 is 40.8. The van der Waals surface area contributed by atoms with Gasteiger partial charge in [-0.25, -0.2) is 9.97 Å². The van der Waals surface area contributed by atoms with E-state index in [1.807, 2.05) is 0 Å². The van der Waals surface area contributed by atoms with Crippen molar-refractivity contribution < 1.29 is 27.5 Å². The van der Waals surface area contributed by atoms with Crippen molar-refractivity contribution in [2.75, 3.05) is 18.4 Å². The number of nitrogens with zero attached hydrogens (tertiary/aromatic N) is 2. The molecule has 1 unspecified atom stereocenters. The van der Waals surface area contributed by atoms with Crippen molar-refractivity contribution in [3.05, 3.63) is 54.4 Å². The number of rotatable bonds is 5. The molecule has 0 aliphatic carbocycles. The molecule has 4 rings (SSSR count). The molecule has 8 nitrogen and oxygen atoms in total. The topological polar surface area (TPSA) is 105 Å². The van der Waals surface area contributed by atoms with E-state index in [9.17, 15) is 22.8 Å². The number of ether oxygens (including phenoxy) is 1. The van der Waals surface area contributed by atoms with Gasteiger partial charge in [0, 0.05) is 23.2 Å². The summed E-state index contributed by atoms with van der Waals surface area (Å²) in [5, 5.41) is 9.18. The number of halogens is 3. The van der Waals surface area contributed by atoms with Gasteiger partial charge in [0.15, 0.2) is 0 Å². The molecule has 1 fully saturated rings. The average Bonchev–Trinajstić information content (AvgIpc) is 2.80. The Bertz CT molecular complexity index is 1160. The maximum Gasteiger partial charge on any atom is 0.573 e. The Morgan fingerprint density at radius 1 is 1.09 bits per heavy atom. The lowest BCUT2D eigenvalue weighted by molar-refractivity contribution is -0.274. The van der Waals surface area contributed by atoms with E-state index in [2.05, 4.69) is 30.7 Å². The molecule has 0 saturated carbocycles. The molecule has 2 aromatic carbocycles. The summed E-state index contributed by atoms with van der Waals surface area (Å²) in [4.78, 5) is 33.2. The average molecular weight is 459 g/mol. The van der Waals surface area contributed by atoms with E-state index in [0.717, 1.165) is 19.4 Å². The van der Waals surface area contributed by atoms with Crippen LogP contribution in [0.4, 0.5) is 24.7 Å². The van der Waals surface area contributed by atoms with E-state index in [4.69, 9.17) is 0 Å². The zero-order valence-electron chi connectivity index (χ0n) is 17.3. The first-order chi connectivity index (χ1) is 15.8. The third-order valence-electron chi connectivity index (χ3n) is 5.15. The standard InChI is InChI=1S/C22H20F3N5O3/c23-22(24,25)33-16-6-4-15(5-7-16)29-19-17-8-3-13(10-18(17)27-12-28-19)20(31)30-21(32)14-2-1-9-26-11-14/h3-8,10,12,14,26H,1-2,9,11H2,(H,27,28,29)(H,30,31,32). The molecule has 3 aromatic rings. The lowest BCUT2D eigenvalue weighted by Gasteiger charge is -2.21. The molecule has 33 heavy (non-hydrogen) atoms. The summed E-state index contributed by atoms with van der Waals surface area (Å²) >= 11 is 0. The molecule has 2 heterocycles. The van der Waals surface area contributed by atoms with Crippen LogP contribution in [0.5, 0.6) is 5.75 Å². The summed E-state index contributed by atoms with van der Waals surface area (Å²) in [5.74, 6) is -0.999. The lowest BCUT2D eigenvalue weighted by atomic mass is 9.98. The minimum atomic E-state index is -4.76. The predicted molar refractivity (Wildman–Crippen MR) is 114 cm³/mol. The molecule has 1 saturated heterocycles. The number of aromatic nitrogens is 2. The van der Waals surface area contributed by atoms with E-state index in [1.54, 1.807) is 18.2 Å². The lowest BCUT2D eigenvalue weighted by Crippen LogP contribution is -2.42. The monoisotopic (exact) mass is 459 g/mol. The highest BCUT2D eigenvalue weighted by molar-refractivity contribution is 6.07. The third kappa shape index (κ3) is 5.75. The fraction of sp³-hybridized carbons (Fsp3) is 0.273. The van der Waals surface area contributed by atoms with E-state index < -0.39 is 12.3 Å². The second-order valence-electron chi connectivity index (χ2n) is 7.51. The number of piperidine rings is 1. The zero-order valence-corrected chi connectivity index (χ0v) is 17.3. The zero-order chi connectivity index (χ0) is 23.4. The summed E-state index contributed by atoms with van der Waals surface area (Å²) in [6, 6.07) is 9.94. The van der Waals surface area contributed by atoms with Crippen LogP contribution in [0, 0.1) is 5.92 Å². The number of hydrogen-bond acceptors (Lipinski definition) is 7. The van der Waals surface area contributed by atoms with Gasteiger partial charge in [-0.3, -0.25) is 14.9 Å². The Kier molecular flexibility index (Phi) is 6.40. The van der Waals surface area contributed by atoms with E-state index in [0.29, 0.717) is 29.0 Å². The molecule has 3 N–H and O–H groups in total. The minimum absolute atomic E-state index is 0.241. The molecular weight excluding hydrogens is 439 g/mol. The Hall–Kier alpha value is -3.73. The molecule has 11 heteroatoms. The Morgan fingerprint density at radius 3 is 2.58 bits per heavy atom. The van der Waals surface area contributed by atoms with Crippen molar-refractivity contribution in [3.63, 3.8) is 0 Å². The number of carbonyl (C=O) groups is 2. The SMILES string of the molecule is O=C(NC(=O)C1CCCNC1)c1ccc2c(Nc3ccc(OC(F)(F)F)cc3)ncnc2c1. The van der Waals surface area contributed by atoms with Crippen LogP contribution in [0.1, 0.15) is 23.2 Å². The molecular formula is C22H20F3N5O3. The van der Waals surface area contributed by atoms with Crippen molar-refractivity contribution >= 4 is 34.2 Å². The van der Waals surface area contributed by atoms with Gasteiger partial charge in [0.2, 0.25) is 5.91 Å². The van der Waals surface area contributed by atoms with Crippen LogP contribution in [0.15, 0.2) is 48.8 Å². The minimum Gasteiger partial charge on any atom is -0.406 e. The van der Waals surface area contributed by atoms with Gasteiger partial charge in [-0.1, -0.05) is 0 Å². The molecule has 2 amide bonds. The molecule has 1 aliphatic heterocycles. The van der Waals surface area contributed by atoms with Crippen LogP contribution in [-0.2, 0) is 4.79 Å². The van der Waals surface area contributed by atoms with E-state index in [1.165, 1.54) is 30.6 Å². The third-order valence-corrected chi connectivity index (χ3v) is 5.15. The fourth-order valence-electron chi connectivity index (χ4n) is 3.54. The first-order valence-electron chi connectivity index (χ1n) is 10.2. The van der Waals surface area contributed by atoms with Gasteiger partial charge in [0.05, 0.1) is 11.4 Å². The molecule has 1 atom stereocenters. The maximum absolute atomic E-state index is 12.5. The van der Waals surface area contributed by atoms with E-state index in [-0.39, 0.29) is 23.1 Å². The first kappa shape index (κ1) is 22.5. The highest BCUT2D eigenvalue weighted by Gasteiger charge is 2.31. The van der Waals surface area contributed by atoms with Gasteiger partial charge in [0.25, 0.3) is 5.91 Å². The number of imide groups is 1. The summed E-state index contributed by atoms with van der Waals surface area (Å²) in [6.45, 7) is 1.41. The van der Waals surface area contributed by atoms with Gasteiger partial charge < -0.3 is 15.4 Å².